The van der Waals surface area contributed by atoms with E-state index < -0.39 is 17.9 Å². The van der Waals surface area contributed by atoms with Gasteiger partial charge in [0.15, 0.2) is 11.5 Å². The number of imide groups is 1. The normalized spacial score (nSPS) is 15.0. The second kappa shape index (κ2) is 8.36. The lowest BCUT2D eigenvalue weighted by Crippen LogP contribution is -2.46. The van der Waals surface area contributed by atoms with Crippen LogP contribution in [0, 0.1) is 6.92 Å². The molecule has 0 fully saturated rings. The summed E-state index contributed by atoms with van der Waals surface area (Å²) in [6.45, 7) is 1.98. The number of carbonyl (C=O) groups is 2. The molecular formula is C20H17N3O5S. The highest BCUT2D eigenvalue weighted by Crippen LogP contribution is 2.31. The van der Waals surface area contributed by atoms with Crippen molar-refractivity contribution in [3.8, 4) is 23.0 Å². The molecule has 1 N–H and O–H groups in total. The van der Waals surface area contributed by atoms with E-state index in [1.54, 1.807) is 18.2 Å². The zero-order valence-corrected chi connectivity index (χ0v) is 16.3. The van der Waals surface area contributed by atoms with Crippen LogP contribution in [0.3, 0.4) is 0 Å². The maximum atomic E-state index is 12.3. The molecule has 2 aromatic carbocycles. The largest absolute Gasteiger partial charge is 0.485 e. The SMILES string of the molecule is Cc1ccccc1-c1nnc(SCC(=O)NC(=O)[C@H]2COc3ccccc3O2)o1. The molecule has 1 aromatic heterocycles. The van der Waals surface area contributed by atoms with Gasteiger partial charge in [0.1, 0.15) is 6.61 Å². The lowest BCUT2D eigenvalue weighted by atomic mass is 10.1. The van der Waals surface area contributed by atoms with Crippen molar-refractivity contribution in [1.29, 1.82) is 0 Å². The van der Waals surface area contributed by atoms with Gasteiger partial charge in [-0.15, -0.1) is 10.2 Å². The fourth-order valence-corrected chi connectivity index (χ4v) is 3.28. The lowest BCUT2D eigenvalue weighted by molar-refractivity contribution is -0.135. The van der Waals surface area contributed by atoms with Gasteiger partial charge in [-0.05, 0) is 30.7 Å². The number of thioether (sulfide) groups is 1. The number of benzene rings is 2. The van der Waals surface area contributed by atoms with E-state index in [-0.39, 0.29) is 17.6 Å². The molecule has 0 saturated carbocycles. The van der Waals surface area contributed by atoms with E-state index in [1.807, 2.05) is 37.3 Å². The highest BCUT2D eigenvalue weighted by atomic mass is 32.2. The van der Waals surface area contributed by atoms with Crippen molar-refractivity contribution in [3.05, 3.63) is 54.1 Å². The molecular weight excluding hydrogens is 394 g/mol. The Hall–Kier alpha value is -3.33. The molecule has 0 aliphatic carbocycles. The van der Waals surface area contributed by atoms with Gasteiger partial charge < -0.3 is 13.9 Å². The first kappa shape index (κ1) is 19.0. The first-order valence-electron chi connectivity index (χ1n) is 8.84. The van der Waals surface area contributed by atoms with Gasteiger partial charge in [0.2, 0.25) is 17.9 Å². The molecule has 4 rings (SSSR count). The van der Waals surface area contributed by atoms with E-state index in [2.05, 4.69) is 15.5 Å². The van der Waals surface area contributed by atoms with E-state index in [1.165, 1.54) is 0 Å². The summed E-state index contributed by atoms with van der Waals surface area (Å²) < 4.78 is 16.7. The number of nitrogens with zero attached hydrogens (tertiary/aromatic N) is 2. The van der Waals surface area contributed by atoms with Gasteiger partial charge in [-0.25, -0.2) is 0 Å². The molecule has 3 aromatic rings. The molecule has 0 saturated heterocycles. The monoisotopic (exact) mass is 411 g/mol. The molecule has 2 heterocycles. The summed E-state index contributed by atoms with van der Waals surface area (Å²) >= 11 is 1.05. The van der Waals surface area contributed by atoms with Crippen molar-refractivity contribution in [2.24, 2.45) is 0 Å². The minimum atomic E-state index is -0.894. The van der Waals surface area contributed by atoms with E-state index >= 15 is 0 Å². The summed E-state index contributed by atoms with van der Waals surface area (Å²) in [6.07, 6.45) is -0.894. The van der Waals surface area contributed by atoms with Gasteiger partial charge in [0.05, 0.1) is 5.75 Å². The number of hydrogen-bond acceptors (Lipinski definition) is 8. The van der Waals surface area contributed by atoms with Gasteiger partial charge in [-0.1, -0.05) is 42.1 Å². The van der Waals surface area contributed by atoms with Crippen LogP contribution in [0.2, 0.25) is 0 Å². The molecule has 29 heavy (non-hydrogen) atoms. The molecule has 0 unspecified atom stereocenters. The van der Waals surface area contributed by atoms with Crippen LogP contribution in [0.25, 0.3) is 11.5 Å². The number of aryl methyl sites for hydroxylation is 1. The predicted molar refractivity (Wildman–Crippen MR) is 105 cm³/mol. The maximum Gasteiger partial charge on any atom is 0.277 e. The van der Waals surface area contributed by atoms with E-state index in [9.17, 15) is 9.59 Å². The average molecular weight is 411 g/mol. The standard InChI is InChI=1S/C20H17N3O5S/c1-12-6-2-3-7-13(12)19-22-23-20(28-19)29-11-17(24)21-18(25)16-10-26-14-8-4-5-9-15(14)27-16/h2-9,16H,10-11H2,1H3,(H,21,24,25)/t16-/m1/s1. The van der Waals surface area contributed by atoms with Crippen LogP contribution >= 0.6 is 11.8 Å². The first-order valence-corrected chi connectivity index (χ1v) is 9.83. The maximum absolute atomic E-state index is 12.3. The number of fused-ring (bicyclic) bond motifs is 1. The zero-order chi connectivity index (χ0) is 20.2. The van der Waals surface area contributed by atoms with Crippen molar-refractivity contribution in [2.45, 2.75) is 18.3 Å². The molecule has 9 heteroatoms. The Morgan fingerprint density at radius 2 is 1.86 bits per heavy atom. The Bertz CT molecular complexity index is 1050. The smallest absolute Gasteiger partial charge is 0.277 e. The summed E-state index contributed by atoms with van der Waals surface area (Å²) in [4.78, 5) is 24.4. The van der Waals surface area contributed by atoms with Gasteiger partial charge in [-0.3, -0.25) is 14.9 Å². The number of carbonyl (C=O) groups excluding carboxylic acids is 2. The molecule has 0 bridgehead atoms. The number of amides is 2. The number of para-hydroxylation sites is 2. The molecule has 2 amide bonds. The molecule has 0 radical (unpaired) electrons. The molecule has 1 aliphatic heterocycles. The Labute approximate surface area is 170 Å². The minimum absolute atomic E-state index is 0.0344. The fourth-order valence-electron chi connectivity index (χ4n) is 2.72. The van der Waals surface area contributed by atoms with Crippen LogP contribution < -0.4 is 14.8 Å². The summed E-state index contributed by atoms with van der Waals surface area (Å²) in [7, 11) is 0. The Kier molecular flexibility index (Phi) is 5.48. The third kappa shape index (κ3) is 4.40. The summed E-state index contributed by atoms with van der Waals surface area (Å²) in [5, 5.41) is 10.5. The Morgan fingerprint density at radius 1 is 1.10 bits per heavy atom. The minimum Gasteiger partial charge on any atom is -0.485 e. The molecule has 148 valence electrons. The van der Waals surface area contributed by atoms with Crippen molar-refractivity contribution in [3.63, 3.8) is 0 Å². The van der Waals surface area contributed by atoms with Crippen LogP contribution in [0.5, 0.6) is 11.5 Å². The summed E-state index contributed by atoms with van der Waals surface area (Å²) in [5.41, 5.74) is 1.84. The molecule has 0 spiro atoms. The quantitative estimate of drug-likeness (QED) is 0.639. The fraction of sp³-hybridized carbons (Fsp3) is 0.200. The second-order valence-corrected chi connectivity index (χ2v) is 7.18. The topological polar surface area (TPSA) is 104 Å². The van der Waals surface area contributed by atoms with Gasteiger partial charge in [0, 0.05) is 5.56 Å². The molecule has 1 atom stereocenters. The number of rotatable bonds is 5. The number of aromatic nitrogens is 2. The van der Waals surface area contributed by atoms with Gasteiger partial charge >= 0.3 is 0 Å². The van der Waals surface area contributed by atoms with Crippen LogP contribution in [0.15, 0.2) is 58.2 Å². The van der Waals surface area contributed by atoms with Crippen molar-refractivity contribution in [2.75, 3.05) is 12.4 Å². The zero-order valence-electron chi connectivity index (χ0n) is 15.5. The van der Waals surface area contributed by atoms with Crippen LogP contribution in [-0.2, 0) is 9.59 Å². The van der Waals surface area contributed by atoms with Crippen molar-refractivity contribution in [1.82, 2.24) is 15.5 Å². The average Bonchev–Trinajstić information content (AvgIpc) is 3.21. The molecule has 1 aliphatic rings. The van der Waals surface area contributed by atoms with Crippen LogP contribution in [0.4, 0.5) is 0 Å². The van der Waals surface area contributed by atoms with Crippen LogP contribution in [-0.4, -0.2) is 40.5 Å². The third-order valence-corrected chi connectivity index (χ3v) is 4.99. The second-order valence-electron chi connectivity index (χ2n) is 6.25. The molecule has 8 nitrogen and oxygen atoms in total. The Morgan fingerprint density at radius 3 is 2.69 bits per heavy atom. The highest BCUT2D eigenvalue weighted by Gasteiger charge is 2.28. The first-order chi connectivity index (χ1) is 14.1. The summed E-state index contributed by atoms with van der Waals surface area (Å²) in [5.74, 6) is 0.322. The third-order valence-electron chi connectivity index (χ3n) is 4.17. The lowest BCUT2D eigenvalue weighted by Gasteiger charge is -2.25. The highest BCUT2D eigenvalue weighted by molar-refractivity contribution is 7.99. The summed E-state index contributed by atoms with van der Waals surface area (Å²) in [6, 6.07) is 14.7. The number of nitrogens with one attached hydrogen (secondary N) is 1. The van der Waals surface area contributed by atoms with Gasteiger partial charge in [0.25, 0.3) is 11.1 Å². The number of hydrogen-bond donors (Lipinski definition) is 1. The van der Waals surface area contributed by atoms with E-state index in [0.717, 1.165) is 22.9 Å². The van der Waals surface area contributed by atoms with Crippen LogP contribution in [0.1, 0.15) is 5.56 Å². The predicted octanol–water partition coefficient (Wildman–Crippen LogP) is 2.62. The number of ether oxygens (including phenoxy) is 2. The van der Waals surface area contributed by atoms with E-state index in [0.29, 0.717) is 17.4 Å². The van der Waals surface area contributed by atoms with E-state index in [4.69, 9.17) is 13.9 Å². The van der Waals surface area contributed by atoms with Gasteiger partial charge in [-0.2, -0.15) is 0 Å². The van der Waals surface area contributed by atoms with Crippen molar-refractivity contribution < 1.29 is 23.5 Å². The Balaban J connectivity index is 1.30. The van der Waals surface area contributed by atoms with Crippen molar-refractivity contribution >= 4 is 23.6 Å².